The van der Waals surface area contributed by atoms with E-state index >= 15 is 0 Å². The van der Waals surface area contributed by atoms with E-state index in [9.17, 15) is 33.6 Å². The van der Waals surface area contributed by atoms with Gasteiger partial charge in [-0.25, -0.2) is 19.2 Å². The number of amides is 5. The van der Waals surface area contributed by atoms with E-state index in [1.807, 2.05) is 0 Å². The minimum absolute atomic E-state index is 0.00177. The lowest BCUT2D eigenvalue weighted by atomic mass is 9.89. The Morgan fingerprint density at radius 2 is 1.22 bits per heavy atom. The van der Waals surface area contributed by atoms with Gasteiger partial charge in [0.1, 0.15) is 53.6 Å². The van der Waals surface area contributed by atoms with Crippen LogP contribution >= 0.6 is 0 Å². The van der Waals surface area contributed by atoms with E-state index in [1.165, 1.54) is 26.0 Å². The van der Waals surface area contributed by atoms with Crippen molar-refractivity contribution in [2.45, 2.75) is 123 Å². The molecule has 0 aliphatic carbocycles. The van der Waals surface area contributed by atoms with Gasteiger partial charge < -0.3 is 60.3 Å². The fourth-order valence-corrected chi connectivity index (χ4v) is 6.52. The summed E-state index contributed by atoms with van der Waals surface area (Å²) in [5.41, 5.74) is 5.91. The number of carbonyl (C=O) groups excluding carboxylic acids is 7. The SMILES string of the molecule is COC(=O)[C@@H]1Cc2ccc(OCCNC(=O)OC(C)(C)C)c(c2)-c2cc(ccc2OCCNC(=O)OC(C)(C)C)[C@H](N(C)C(=O)[C@@H](N)CCNC(=O)OC(C)(C)C)C(=O)C[C@@H](C)C(=O)N1. The molecule has 19 nitrogen and oxygen atoms in total. The number of nitrogens with one attached hydrogen (secondary N) is 4. The highest BCUT2D eigenvalue weighted by Crippen LogP contribution is 2.40. The van der Waals surface area contributed by atoms with E-state index in [0.29, 0.717) is 28.0 Å². The molecule has 0 aromatic heterocycles. The number of likely N-dealkylation sites (N-methyl/N-ethyl adjacent to an activating group) is 1. The van der Waals surface area contributed by atoms with Crippen molar-refractivity contribution >= 4 is 41.8 Å². The molecule has 5 amide bonds. The monoisotopic (exact) mass is 912 g/mol. The van der Waals surface area contributed by atoms with Gasteiger partial charge in [0.25, 0.3) is 0 Å². The number of hydrogen-bond acceptors (Lipinski definition) is 14. The first-order valence-electron chi connectivity index (χ1n) is 21.5. The molecular weight excluding hydrogens is 845 g/mol. The molecule has 2 aromatic carbocycles. The van der Waals surface area contributed by atoms with Crippen molar-refractivity contribution in [3.63, 3.8) is 0 Å². The van der Waals surface area contributed by atoms with Crippen molar-refractivity contribution in [1.82, 2.24) is 26.2 Å². The maximum Gasteiger partial charge on any atom is 0.407 e. The molecule has 6 N–H and O–H groups in total. The van der Waals surface area contributed by atoms with Gasteiger partial charge in [-0.2, -0.15) is 0 Å². The number of alkyl carbamates (subject to hydrolysis) is 3. The van der Waals surface area contributed by atoms with Crippen LogP contribution in [-0.2, 0) is 44.5 Å². The Balaban J connectivity index is 2.17. The maximum absolute atomic E-state index is 14.5. The zero-order chi connectivity index (χ0) is 48.9. The van der Waals surface area contributed by atoms with Gasteiger partial charge >= 0.3 is 24.2 Å². The molecule has 65 heavy (non-hydrogen) atoms. The number of fused-ring (bicyclic) bond motifs is 5. The molecule has 360 valence electrons. The van der Waals surface area contributed by atoms with Gasteiger partial charge in [-0.15, -0.1) is 0 Å². The number of nitrogens with two attached hydrogens (primary N) is 1. The van der Waals surface area contributed by atoms with E-state index in [0.717, 1.165) is 0 Å². The summed E-state index contributed by atoms with van der Waals surface area (Å²) in [6, 6.07) is 6.38. The number of hydrogen-bond donors (Lipinski definition) is 5. The quantitative estimate of drug-likeness (QED) is 0.0979. The van der Waals surface area contributed by atoms with Gasteiger partial charge in [-0.3, -0.25) is 14.4 Å². The van der Waals surface area contributed by atoms with Gasteiger partial charge in [0, 0.05) is 43.5 Å². The second-order valence-electron chi connectivity index (χ2n) is 18.7. The molecule has 2 aromatic rings. The molecule has 1 aliphatic heterocycles. The summed E-state index contributed by atoms with van der Waals surface area (Å²) in [6.45, 7) is 17.2. The molecule has 19 heteroatoms. The van der Waals surface area contributed by atoms with Crippen LogP contribution in [0.5, 0.6) is 11.5 Å². The topological polar surface area (TPSA) is 252 Å². The Kier molecular flexibility index (Phi) is 19.0. The van der Waals surface area contributed by atoms with Crippen molar-refractivity contribution < 1.29 is 62.0 Å². The van der Waals surface area contributed by atoms with Crippen LogP contribution in [-0.4, -0.2) is 123 Å². The van der Waals surface area contributed by atoms with E-state index < -0.39 is 82.7 Å². The number of carbonyl (C=O) groups is 7. The van der Waals surface area contributed by atoms with Gasteiger partial charge in [0.2, 0.25) is 11.8 Å². The maximum atomic E-state index is 14.5. The highest BCUT2D eigenvalue weighted by molar-refractivity contribution is 5.95. The van der Waals surface area contributed by atoms with Crippen LogP contribution in [0.25, 0.3) is 11.1 Å². The third-order valence-electron chi connectivity index (χ3n) is 9.39. The Labute approximate surface area is 381 Å². The van der Waals surface area contributed by atoms with Gasteiger partial charge in [0.05, 0.1) is 26.2 Å². The molecular formula is C46H68N6O13. The fourth-order valence-electron chi connectivity index (χ4n) is 6.52. The zero-order valence-corrected chi connectivity index (χ0v) is 39.8. The van der Waals surface area contributed by atoms with Gasteiger partial charge in [0.15, 0.2) is 5.78 Å². The number of ketones is 1. The normalized spacial score (nSPS) is 17.2. The van der Waals surface area contributed by atoms with E-state index in [-0.39, 0.29) is 57.9 Å². The minimum atomic E-state index is -1.30. The molecule has 1 aliphatic rings. The Morgan fingerprint density at radius 3 is 1.71 bits per heavy atom. The van der Waals surface area contributed by atoms with Crippen LogP contribution in [0.1, 0.15) is 99.2 Å². The molecule has 0 radical (unpaired) electrons. The lowest BCUT2D eigenvalue weighted by Crippen LogP contribution is -2.48. The predicted octanol–water partition coefficient (Wildman–Crippen LogP) is 4.71. The van der Waals surface area contributed by atoms with Crippen molar-refractivity contribution in [2.24, 2.45) is 11.7 Å². The van der Waals surface area contributed by atoms with E-state index in [4.69, 9.17) is 34.2 Å². The van der Waals surface area contributed by atoms with Crippen LogP contribution in [0.2, 0.25) is 0 Å². The second kappa shape index (κ2) is 23.2. The smallest absolute Gasteiger partial charge is 0.407 e. The number of Topliss-reactive ketones (excluding diaryl/α,β-unsaturated/α-hetero) is 1. The standard InChI is InChI=1S/C46H68N6O13/c1-27-23-34(53)37(52(11)39(55)32(47)17-18-48-41(57)63-44(2,3)4)29-14-16-36(62-22-20-50-43(59)65-46(8,9)10)31(26-29)30-24-28(25-33(40(56)60-12)51-38(27)54)13-15-35(30)61-21-19-49-42(58)64-45(5,6)7/h13-16,24,26-27,32-33,37H,17-23,25,47H2,1-12H3,(H,48,57)(H,49,58)(H,50,59)(H,51,54)/t27-,32+,33+,37+/m1/s1. The Morgan fingerprint density at radius 1 is 0.738 bits per heavy atom. The molecule has 1 heterocycles. The molecule has 4 atom stereocenters. The lowest BCUT2D eigenvalue weighted by molar-refractivity contribution is -0.145. The highest BCUT2D eigenvalue weighted by Gasteiger charge is 2.35. The molecule has 0 saturated carbocycles. The van der Waals surface area contributed by atoms with E-state index in [2.05, 4.69) is 21.3 Å². The van der Waals surface area contributed by atoms with Crippen molar-refractivity contribution in [1.29, 1.82) is 0 Å². The summed E-state index contributed by atoms with van der Waals surface area (Å²) < 4.78 is 33.5. The van der Waals surface area contributed by atoms with Crippen molar-refractivity contribution in [2.75, 3.05) is 47.0 Å². The summed E-state index contributed by atoms with van der Waals surface area (Å²) in [5.74, 6) is -2.82. The lowest BCUT2D eigenvalue weighted by Gasteiger charge is -2.31. The second-order valence-corrected chi connectivity index (χ2v) is 18.7. The molecule has 0 saturated heterocycles. The average molecular weight is 913 g/mol. The zero-order valence-electron chi connectivity index (χ0n) is 39.8. The summed E-state index contributed by atoms with van der Waals surface area (Å²) in [6.07, 6.45) is -2.32. The third kappa shape index (κ3) is 17.8. The first-order valence-corrected chi connectivity index (χ1v) is 21.5. The summed E-state index contributed by atoms with van der Waals surface area (Å²) in [7, 11) is 2.62. The number of nitrogens with zero attached hydrogens (tertiary/aromatic N) is 1. The number of benzene rings is 2. The average Bonchev–Trinajstić information content (AvgIpc) is 3.18. The van der Waals surface area contributed by atoms with Crippen molar-refractivity contribution in [3.05, 3.63) is 47.5 Å². The van der Waals surface area contributed by atoms with Crippen LogP contribution < -0.4 is 36.5 Å². The number of esters is 1. The molecule has 3 rings (SSSR count). The van der Waals surface area contributed by atoms with Crippen LogP contribution in [0.4, 0.5) is 14.4 Å². The van der Waals surface area contributed by atoms with Crippen molar-refractivity contribution in [3.8, 4) is 22.6 Å². The Hall–Kier alpha value is -6.11. The summed E-state index contributed by atoms with van der Waals surface area (Å²) >= 11 is 0. The molecule has 0 spiro atoms. The van der Waals surface area contributed by atoms with E-state index in [1.54, 1.807) is 98.7 Å². The number of ether oxygens (including phenoxy) is 6. The number of methoxy groups -OCH3 is 1. The fraction of sp³-hybridized carbons (Fsp3) is 0.587. The Bertz CT molecular complexity index is 2020. The van der Waals surface area contributed by atoms with Gasteiger partial charge in [-0.05, 0) is 104 Å². The summed E-state index contributed by atoms with van der Waals surface area (Å²) in [4.78, 5) is 93.6. The number of rotatable bonds is 14. The predicted molar refractivity (Wildman–Crippen MR) is 240 cm³/mol. The first-order chi connectivity index (χ1) is 30.2. The minimum Gasteiger partial charge on any atom is -0.491 e. The highest BCUT2D eigenvalue weighted by atomic mass is 16.6. The van der Waals surface area contributed by atoms with Gasteiger partial charge in [-0.1, -0.05) is 19.1 Å². The third-order valence-corrected chi connectivity index (χ3v) is 9.39. The van der Waals surface area contributed by atoms with Crippen LogP contribution in [0.3, 0.4) is 0 Å². The molecule has 4 bridgehead atoms. The molecule has 0 fully saturated rings. The summed E-state index contributed by atoms with van der Waals surface area (Å²) in [5, 5.41) is 10.6. The first kappa shape index (κ1) is 53.2. The molecule has 0 unspecified atom stereocenters. The van der Waals surface area contributed by atoms with Crippen LogP contribution in [0, 0.1) is 5.92 Å². The van der Waals surface area contributed by atoms with Crippen LogP contribution in [0.15, 0.2) is 36.4 Å². The largest absolute Gasteiger partial charge is 0.491 e.